The van der Waals surface area contributed by atoms with Crippen LogP contribution in [0.25, 0.3) is 0 Å². The van der Waals surface area contributed by atoms with E-state index in [2.05, 4.69) is 21.2 Å². The van der Waals surface area contributed by atoms with E-state index >= 15 is 0 Å². The minimum absolute atomic E-state index is 0.167. The molecule has 0 aromatic heterocycles. The summed E-state index contributed by atoms with van der Waals surface area (Å²) in [4.78, 5) is 39.5. The Labute approximate surface area is 136 Å². The highest BCUT2D eigenvalue weighted by Gasteiger charge is 2.40. The second-order valence-electron chi connectivity index (χ2n) is 5.73. The number of carbonyl (C=O) groups excluding carboxylic acids is 3. The predicted molar refractivity (Wildman–Crippen MR) is 84.5 cm³/mol. The summed E-state index contributed by atoms with van der Waals surface area (Å²) in [6.45, 7) is 0.396. The lowest BCUT2D eigenvalue weighted by Crippen LogP contribution is -2.52. The van der Waals surface area contributed by atoms with Crippen molar-refractivity contribution in [2.45, 2.75) is 25.4 Å². The normalized spacial score (nSPS) is 21.0. The van der Waals surface area contributed by atoms with Crippen LogP contribution in [0.3, 0.4) is 0 Å². The first-order valence-corrected chi connectivity index (χ1v) is 7.83. The zero-order valence-electron chi connectivity index (χ0n) is 12.4. The summed E-state index contributed by atoms with van der Waals surface area (Å²) in [5.41, 5.74) is 2.42. The largest absolute Gasteiger partial charge is 0.377 e. The van der Waals surface area contributed by atoms with Gasteiger partial charge in [-0.2, -0.15) is 0 Å². The number of nitrogens with zero attached hydrogens (tertiary/aromatic N) is 2. The molecule has 0 radical (unpaired) electrons. The van der Waals surface area contributed by atoms with Crippen LogP contribution < -0.4 is 10.2 Å². The lowest BCUT2D eigenvalue weighted by Gasteiger charge is -2.29. The molecule has 1 atom stereocenters. The molecule has 1 aromatic carbocycles. The number of benzene rings is 1. The standard InChI is InChI=1S/C15H16BrN3O3/c1-18(2)9-4-3-8-7-19(15(22)12(8)13(9)16)10-5-6-11(20)17-14(10)21/h3-4,10H,5-7H2,1-2H3,(H,17,20,21). The fourth-order valence-electron chi connectivity index (χ4n) is 2.94. The van der Waals surface area contributed by atoms with Gasteiger partial charge in [-0.15, -0.1) is 0 Å². The third-order valence-corrected chi connectivity index (χ3v) is 4.89. The minimum atomic E-state index is -0.577. The van der Waals surface area contributed by atoms with Crippen molar-refractivity contribution >= 4 is 39.3 Å². The van der Waals surface area contributed by atoms with Gasteiger partial charge in [0.05, 0.1) is 15.7 Å². The van der Waals surface area contributed by atoms with Crippen LogP contribution in [0.1, 0.15) is 28.8 Å². The molecule has 22 heavy (non-hydrogen) atoms. The lowest BCUT2D eigenvalue weighted by atomic mass is 10.0. The van der Waals surface area contributed by atoms with Crippen molar-refractivity contribution in [2.75, 3.05) is 19.0 Å². The van der Waals surface area contributed by atoms with Crippen LogP contribution in [-0.2, 0) is 16.1 Å². The van der Waals surface area contributed by atoms with E-state index in [0.29, 0.717) is 18.5 Å². The third kappa shape index (κ3) is 2.29. The highest BCUT2D eigenvalue weighted by atomic mass is 79.9. The van der Waals surface area contributed by atoms with E-state index in [-0.39, 0.29) is 24.1 Å². The first kappa shape index (κ1) is 15.0. The summed E-state index contributed by atoms with van der Waals surface area (Å²) in [6, 6.07) is 3.29. The van der Waals surface area contributed by atoms with Crippen molar-refractivity contribution in [2.24, 2.45) is 0 Å². The molecule has 1 aromatic rings. The van der Waals surface area contributed by atoms with Crippen LogP contribution in [0.4, 0.5) is 5.69 Å². The SMILES string of the molecule is CN(C)c1ccc2c(c1Br)C(=O)N(C1CCC(=O)NC1=O)C2. The molecule has 7 heteroatoms. The Balaban J connectivity index is 1.93. The van der Waals surface area contributed by atoms with Gasteiger partial charge in [-0.05, 0) is 34.0 Å². The molecule has 0 aliphatic carbocycles. The smallest absolute Gasteiger partial charge is 0.256 e. The second kappa shape index (κ2) is 5.39. The number of rotatable bonds is 2. The van der Waals surface area contributed by atoms with Gasteiger partial charge >= 0.3 is 0 Å². The Bertz CT molecular complexity index is 687. The number of piperidine rings is 1. The maximum Gasteiger partial charge on any atom is 0.256 e. The number of amides is 3. The van der Waals surface area contributed by atoms with Crippen molar-refractivity contribution < 1.29 is 14.4 Å². The quantitative estimate of drug-likeness (QED) is 0.801. The summed E-state index contributed by atoms with van der Waals surface area (Å²) >= 11 is 3.51. The summed E-state index contributed by atoms with van der Waals surface area (Å²) in [7, 11) is 3.81. The van der Waals surface area contributed by atoms with Crippen LogP contribution in [0.2, 0.25) is 0 Å². The molecule has 2 heterocycles. The van der Waals surface area contributed by atoms with Gasteiger partial charge in [0.25, 0.3) is 5.91 Å². The van der Waals surface area contributed by atoms with E-state index < -0.39 is 6.04 Å². The van der Waals surface area contributed by atoms with E-state index in [4.69, 9.17) is 0 Å². The number of hydrogen-bond acceptors (Lipinski definition) is 4. The number of carbonyl (C=O) groups is 3. The van der Waals surface area contributed by atoms with Crippen LogP contribution in [-0.4, -0.2) is 42.8 Å². The van der Waals surface area contributed by atoms with Crippen molar-refractivity contribution in [1.29, 1.82) is 0 Å². The molecule has 1 fully saturated rings. The number of imide groups is 1. The number of anilines is 1. The zero-order chi connectivity index (χ0) is 16.0. The fourth-order valence-corrected chi connectivity index (χ4v) is 3.85. The molecule has 116 valence electrons. The molecule has 0 spiro atoms. The molecule has 0 bridgehead atoms. The summed E-state index contributed by atoms with van der Waals surface area (Å²) in [6.07, 6.45) is 0.642. The Kier molecular flexibility index (Phi) is 3.68. The molecule has 6 nitrogen and oxygen atoms in total. The highest BCUT2D eigenvalue weighted by molar-refractivity contribution is 9.10. The van der Waals surface area contributed by atoms with Crippen molar-refractivity contribution in [3.63, 3.8) is 0 Å². The molecule has 2 aliphatic heterocycles. The average molecular weight is 366 g/mol. The molecular formula is C15H16BrN3O3. The van der Waals surface area contributed by atoms with Crippen molar-refractivity contribution in [3.05, 3.63) is 27.7 Å². The molecule has 1 unspecified atom stereocenters. The number of halogens is 1. The van der Waals surface area contributed by atoms with Gasteiger partial charge < -0.3 is 9.80 Å². The van der Waals surface area contributed by atoms with Gasteiger partial charge in [-0.1, -0.05) is 6.07 Å². The topological polar surface area (TPSA) is 69.7 Å². The van der Waals surface area contributed by atoms with Crippen LogP contribution in [0.15, 0.2) is 16.6 Å². The Morgan fingerprint density at radius 3 is 2.64 bits per heavy atom. The van der Waals surface area contributed by atoms with Gasteiger partial charge in [-0.3, -0.25) is 19.7 Å². The van der Waals surface area contributed by atoms with E-state index in [1.54, 1.807) is 4.90 Å². The van der Waals surface area contributed by atoms with Gasteiger partial charge in [0.1, 0.15) is 6.04 Å². The van der Waals surface area contributed by atoms with Crippen LogP contribution in [0, 0.1) is 0 Å². The first-order valence-electron chi connectivity index (χ1n) is 7.03. The van der Waals surface area contributed by atoms with E-state index in [1.165, 1.54) is 0 Å². The maximum absolute atomic E-state index is 12.7. The Morgan fingerprint density at radius 1 is 1.27 bits per heavy atom. The van der Waals surface area contributed by atoms with Gasteiger partial charge in [0.2, 0.25) is 11.8 Å². The third-order valence-electron chi connectivity index (χ3n) is 4.09. The maximum atomic E-state index is 12.7. The van der Waals surface area contributed by atoms with Gasteiger partial charge in [0.15, 0.2) is 0 Å². The molecule has 1 N–H and O–H groups in total. The van der Waals surface area contributed by atoms with Gasteiger partial charge in [0, 0.05) is 27.1 Å². The van der Waals surface area contributed by atoms with E-state index in [0.717, 1.165) is 15.7 Å². The second-order valence-corrected chi connectivity index (χ2v) is 6.52. The minimum Gasteiger partial charge on any atom is -0.377 e. The molecule has 0 saturated carbocycles. The fraction of sp³-hybridized carbons (Fsp3) is 0.400. The molecule has 1 saturated heterocycles. The highest BCUT2D eigenvalue weighted by Crippen LogP contribution is 2.37. The van der Waals surface area contributed by atoms with Gasteiger partial charge in [-0.25, -0.2) is 0 Å². The van der Waals surface area contributed by atoms with Crippen molar-refractivity contribution in [3.8, 4) is 0 Å². The number of nitrogens with one attached hydrogen (secondary N) is 1. The first-order chi connectivity index (χ1) is 10.4. The summed E-state index contributed by atoms with van der Waals surface area (Å²) in [5, 5.41) is 2.31. The Hall–Kier alpha value is -1.89. The summed E-state index contributed by atoms with van der Waals surface area (Å²) in [5.74, 6) is -0.831. The monoisotopic (exact) mass is 365 g/mol. The van der Waals surface area contributed by atoms with E-state index in [9.17, 15) is 14.4 Å². The molecular weight excluding hydrogens is 350 g/mol. The number of fused-ring (bicyclic) bond motifs is 1. The Morgan fingerprint density at radius 2 is 2.00 bits per heavy atom. The van der Waals surface area contributed by atoms with E-state index in [1.807, 2.05) is 31.1 Å². The predicted octanol–water partition coefficient (Wildman–Crippen LogP) is 1.28. The van der Waals surface area contributed by atoms with Crippen LogP contribution in [0.5, 0.6) is 0 Å². The zero-order valence-corrected chi connectivity index (χ0v) is 13.9. The molecule has 2 aliphatic rings. The van der Waals surface area contributed by atoms with Crippen LogP contribution >= 0.6 is 15.9 Å². The van der Waals surface area contributed by atoms with Crippen molar-refractivity contribution in [1.82, 2.24) is 10.2 Å². The average Bonchev–Trinajstić information content (AvgIpc) is 2.77. The lowest BCUT2D eigenvalue weighted by molar-refractivity contribution is -0.136. The summed E-state index contributed by atoms with van der Waals surface area (Å²) < 4.78 is 0.745. The number of hydrogen-bond donors (Lipinski definition) is 1. The molecule has 3 amide bonds. The molecule has 3 rings (SSSR count).